The van der Waals surface area contributed by atoms with Gasteiger partial charge in [-0.3, -0.25) is 4.79 Å². The predicted octanol–water partition coefficient (Wildman–Crippen LogP) is 1.02. The molecule has 1 atom stereocenters. The Morgan fingerprint density at radius 1 is 1.80 bits per heavy atom. The number of rotatable bonds is 4. The molecule has 0 aromatic carbocycles. The highest BCUT2D eigenvalue weighted by Crippen LogP contribution is 2.02. The molecule has 3 nitrogen and oxygen atoms in total. The summed E-state index contributed by atoms with van der Waals surface area (Å²) < 4.78 is 1.52. The van der Waals surface area contributed by atoms with Gasteiger partial charge in [-0.15, -0.1) is 0 Å². The molecule has 0 fully saturated rings. The molecular formula is C6H13NO2S. The van der Waals surface area contributed by atoms with Gasteiger partial charge in [-0.2, -0.15) is 0 Å². The van der Waals surface area contributed by atoms with Gasteiger partial charge < -0.3 is 5.11 Å². The molecule has 4 heteroatoms. The first kappa shape index (κ1) is 9.78. The number of carbonyl (C=O) groups is 1. The van der Waals surface area contributed by atoms with E-state index in [4.69, 9.17) is 5.11 Å². The van der Waals surface area contributed by atoms with Crippen LogP contribution in [0.5, 0.6) is 0 Å². The zero-order valence-corrected chi connectivity index (χ0v) is 7.14. The fourth-order valence-corrected chi connectivity index (χ4v) is 0.849. The summed E-state index contributed by atoms with van der Waals surface area (Å²) in [6.45, 7) is 4.30. The molecule has 1 unspecified atom stereocenters. The third kappa shape index (κ3) is 3.08. The van der Waals surface area contributed by atoms with E-state index in [0.717, 1.165) is 6.42 Å². The Hall–Kier alpha value is -0.220. The van der Waals surface area contributed by atoms with E-state index in [2.05, 4.69) is 12.8 Å². The number of carboxylic acids is 1. The molecule has 0 saturated heterocycles. The molecule has 0 spiro atoms. The van der Waals surface area contributed by atoms with E-state index < -0.39 is 12.0 Å². The minimum atomic E-state index is -0.830. The van der Waals surface area contributed by atoms with Gasteiger partial charge in [-0.1, -0.05) is 19.7 Å². The molecule has 0 aromatic rings. The molecule has 0 saturated carbocycles. The average molecular weight is 163 g/mol. The van der Waals surface area contributed by atoms with Crippen LogP contribution in [0.3, 0.4) is 0 Å². The fourth-order valence-electron chi connectivity index (χ4n) is 0.550. The molecule has 0 radical (unpaired) electrons. The molecule has 0 heterocycles. The normalized spacial score (nSPS) is 13.6. The van der Waals surface area contributed by atoms with Gasteiger partial charge in [0.15, 0.2) is 0 Å². The maximum Gasteiger partial charge on any atom is 0.321 e. The van der Waals surface area contributed by atoms with Crippen LogP contribution in [0.15, 0.2) is 0 Å². The van der Waals surface area contributed by atoms with Crippen LogP contribution < -0.4 is 0 Å². The van der Waals surface area contributed by atoms with Gasteiger partial charge in [0, 0.05) is 6.54 Å². The van der Waals surface area contributed by atoms with Crippen LogP contribution in [0, 0.1) is 0 Å². The lowest BCUT2D eigenvalue weighted by Crippen LogP contribution is -2.32. The molecule has 1 N–H and O–H groups in total. The summed E-state index contributed by atoms with van der Waals surface area (Å²) in [6.07, 6.45) is 0.918. The SMILES string of the molecule is CCCN(S)C(C)C(=O)O. The average Bonchev–Trinajstić information content (AvgIpc) is 1.87. The van der Waals surface area contributed by atoms with E-state index in [9.17, 15) is 4.79 Å². The zero-order valence-electron chi connectivity index (χ0n) is 6.24. The zero-order chi connectivity index (χ0) is 8.15. The first-order valence-electron chi connectivity index (χ1n) is 3.28. The third-order valence-corrected chi connectivity index (χ3v) is 1.80. The third-order valence-electron chi connectivity index (χ3n) is 1.26. The Morgan fingerprint density at radius 2 is 2.30 bits per heavy atom. The van der Waals surface area contributed by atoms with Crippen molar-refractivity contribution >= 4 is 18.8 Å². The minimum Gasteiger partial charge on any atom is -0.480 e. The second-order valence-electron chi connectivity index (χ2n) is 2.18. The second kappa shape index (κ2) is 4.57. The lowest BCUT2D eigenvalue weighted by Gasteiger charge is -2.17. The number of hydrogen-bond donors (Lipinski definition) is 2. The Morgan fingerprint density at radius 3 is 2.60 bits per heavy atom. The van der Waals surface area contributed by atoms with Crippen LogP contribution in [0.25, 0.3) is 0 Å². The quantitative estimate of drug-likeness (QED) is 0.608. The monoisotopic (exact) mass is 163 g/mol. The number of nitrogens with zero attached hydrogens (tertiary/aromatic N) is 1. The van der Waals surface area contributed by atoms with E-state index in [-0.39, 0.29) is 0 Å². The highest BCUT2D eigenvalue weighted by atomic mass is 32.1. The maximum atomic E-state index is 10.3. The molecule has 10 heavy (non-hydrogen) atoms. The molecule has 60 valence electrons. The highest BCUT2D eigenvalue weighted by molar-refractivity contribution is 7.77. The largest absolute Gasteiger partial charge is 0.480 e. The van der Waals surface area contributed by atoms with Crippen LogP contribution >= 0.6 is 12.8 Å². The standard InChI is InChI=1S/C6H13NO2S/c1-3-4-7(10)5(2)6(8)9/h5,10H,3-4H2,1-2H3,(H,8,9). The summed E-state index contributed by atoms with van der Waals surface area (Å²) in [5.41, 5.74) is 0. The van der Waals surface area contributed by atoms with Gasteiger partial charge in [0.05, 0.1) is 0 Å². The lowest BCUT2D eigenvalue weighted by atomic mass is 10.3. The first-order chi connectivity index (χ1) is 4.59. The summed E-state index contributed by atoms with van der Waals surface area (Å²) in [4.78, 5) is 10.3. The molecule has 0 rings (SSSR count). The molecular weight excluding hydrogens is 150 g/mol. The number of hydrogen-bond acceptors (Lipinski definition) is 3. The molecule has 0 amide bonds. The van der Waals surface area contributed by atoms with Crippen molar-refractivity contribution in [2.45, 2.75) is 26.3 Å². The Kier molecular flexibility index (Phi) is 4.47. The van der Waals surface area contributed by atoms with Gasteiger partial charge in [0.1, 0.15) is 6.04 Å². The van der Waals surface area contributed by atoms with E-state index in [0.29, 0.717) is 6.54 Å². The van der Waals surface area contributed by atoms with Crippen molar-refractivity contribution in [3.63, 3.8) is 0 Å². The van der Waals surface area contributed by atoms with Crippen LogP contribution in [-0.2, 0) is 4.79 Å². The Labute approximate surface area is 66.6 Å². The molecule has 0 aliphatic carbocycles. The van der Waals surface area contributed by atoms with Crippen molar-refractivity contribution in [3.8, 4) is 0 Å². The summed E-state index contributed by atoms with van der Waals surface area (Å²) in [6, 6.07) is -0.497. The molecule has 0 bridgehead atoms. The first-order valence-corrected chi connectivity index (χ1v) is 3.68. The number of carboxylic acid groups (broad SMARTS) is 1. The summed E-state index contributed by atoms with van der Waals surface area (Å²) in [5, 5.41) is 8.49. The highest BCUT2D eigenvalue weighted by Gasteiger charge is 2.15. The van der Waals surface area contributed by atoms with Gasteiger partial charge in [-0.05, 0) is 13.3 Å². The van der Waals surface area contributed by atoms with Crippen molar-refractivity contribution in [1.29, 1.82) is 0 Å². The van der Waals surface area contributed by atoms with Gasteiger partial charge in [0.2, 0.25) is 0 Å². The summed E-state index contributed by atoms with van der Waals surface area (Å²) in [7, 11) is 0. The summed E-state index contributed by atoms with van der Waals surface area (Å²) >= 11 is 4.00. The topological polar surface area (TPSA) is 40.5 Å². The van der Waals surface area contributed by atoms with E-state index in [1.165, 1.54) is 4.31 Å². The smallest absolute Gasteiger partial charge is 0.321 e. The Balaban J connectivity index is 3.69. The van der Waals surface area contributed by atoms with Crippen molar-refractivity contribution < 1.29 is 9.90 Å². The second-order valence-corrected chi connectivity index (χ2v) is 2.69. The van der Waals surface area contributed by atoms with E-state index in [1.807, 2.05) is 6.92 Å². The van der Waals surface area contributed by atoms with Gasteiger partial charge in [-0.25, -0.2) is 4.31 Å². The lowest BCUT2D eigenvalue weighted by molar-refractivity contribution is -0.140. The van der Waals surface area contributed by atoms with Gasteiger partial charge in [0.25, 0.3) is 0 Å². The molecule has 0 aliphatic rings. The van der Waals surface area contributed by atoms with Crippen molar-refractivity contribution in [1.82, 2.24) is 4.31 Å². The maximum absolute atomic E-state index is 10.3. The van der Waals surface area contributed by atoms with Crippen LogP contribution in [0.1, 0.15) is 20.3 Å². The van der Waals surface area contributed by atoms with Crippen molar-refractivity contribution in [3.05, 3.63) is 0 Å². The van der Waals surface area contributed by atoms with Crippen LogP contribution in [-0.4, -0.2) is 28.0 Å². The van der Waals surface area contributed by atoms with Crippen LogP contribution in [0.2, 0.25) is 0 Å². The molecule has 0 aromatic heterocycles. The predicted molar refractivity (Wildman–Crippen MR) is 43.1 cm³/mol. The van der Waals surface area contributed by atoms with E-state index in [1.54, 1.807) is 6.92 Å². The summed E-state index contributed by atoms with van der Waals surface area (Å²) in [5.74, 6) is -0.830. The Bertz CT molecular complexity index is 118. The molecule has 0 aliphatic heterocycles. The van der Waals surface area contributed by atoms with E-state index >= 15 is 0 Å². The fraction of sp³-hybridized carbons (Fsp3) is 0.833. The van der Waals surface area contributed by atoms with Crippen molar-refractivity contribution in [2.75, 3.05) is 6.54 Å². The van der Waals surface area contributed by atoms with Crippen LogP contribution in [0.4, 0.5) is 0 Å². The number of aliphatic carboxylic acids is 1. The minimum absolute atomic E-state index is 0.497. The number of thiol groups is 1. The van der Waals surface area contributed by atoms with Gasteiger partial charge >= 0.3 is 5.97 Å². The van der Waals surface area contributed by atoms with Crippen molar-refractivity contribution in [2.24, 2.45) is 0 Å².